The molecular formula is C15H22FNO2. The van der Waals surface area contributed by atoms with E-state index in [0.717, 1.165) is 18.5 Å². The highest BCUT2D eigenvalue weighted by Gasteiger charge is 2.20. The first-order chi connectivity index (χ1) is 8.80. The zero-order valence-corrected chi connectivity index (χ0v) is 11.8. The molecule has 0 amide bonds. The molecule has 0 saturated carbocycles. The Morgan fingerprint density at radius 2 is 2.11 bits per heavy atom. The fourth-order valence-electron chi connectivity index (χ4n) is 1.99. The smallest absolute Gasteiger partial charge is 0.303 e. The molecular weight excluding hydrogens is 245 g/mol. The molecule has 0 saturated heterocycles. The van der Waals surface area contributed by atoms with Crippen LogP contribution in [0.2, 0.25) is 0 Å². The van der Waals surface area contributed by atoms with Crippen LogP contribution in [0.15, 0.2) is 18.2 Å². The second-order valence-corrected chi connectivity index (χ2v) is 5.75. The van der Waals surface area contributed by atoms with Crippen LogP contribution in [0.5, 0.6) is 0 Å². The number of hydrogen-bond acceptors (Lipinski definition) is 2. The van der Waals surface area contributed by atoms with Crippen LogP contribution in [0.1, 0.15) is 31.4 Å². The van der Waals surface area contributed by atoms with Crippen molar-refractivity contribution in [2.75, 3.05) is 13.1 Å². The first-order valence-corrected chi connectivity index (χ1v) is 6.48. The highest BCUT2D eigenvalue weighted by molar-refractivity contribution is 5.67. The van der Waals surface area contributed by atoms with Crippen LogP contribution in [-0.4, -0.2) is 24.2 Å². The fraction of sp³-hybridized carbons (Fsp3) is 0.533. The molecule has 0 aliphatic rings. The second kappa shape index (κ2) is 6.66. The van der Waals surface area contributed by atoms with E-state index >= 15 is 0 Å². The van der Waals surface area contributed by atoms with Crippen molar-refractivity contribution in [1.29, 1.82) is 0 Å². The molecule has 4 heteroatoms. The van der Waals surface area contributed by atoms with Crippen molar-refractivity contribution in [2.45, 2.75) is 33.6 Å². The lowest BCUT2D eigenvalue weighted by atomic mass is 9.89. The van der Waals surface area contributed by atoms with E-state index in [1.165, 1.54) is 6.07 Å². The van der Waals surface area contributed by atoms with Gasteiger partial charge in [-0.1, -0.05) is 26.0 Å². The number of benzene rings is 1. The molecule has 1 aromatic carbocycles. The van der Waals surface area contributed by atoms with Gasteiger partial charge in [-0.15, -0.1) is 0 Å². The Labute approximate surface area is 113 Å². The lowest BCUT2D eigenvalue weighted by Crippen LogP contribution is -2.32. The molecule has 2 N–H and O–H groups in total. The third-order valence-corrected chi connectivity index (χ3v) is 3.05. The second-order valence-electron chi connectivity index (χ2n) is 5.75. The van der Waals surface area contributed by atoms with Crippen LogP contribution in [0.3, 0.4) is 0 Å². The number of hydrogen-bond donors (Lipinski definition) is 2. The van der Waals surface area contributed by atoms with Gasteiger partial charge in [0.25, 0.3) is 0 Å². The van der Waals surface area contributed by atoms with Gasteiger partial charge in [-0.3, -0.25) is 4.79 Å². The highest BCUT2D eigenvalue weighted by Crippen LogP contribution is 2.18. The van der Waals surface area contributed by atoms with E-state index in [2.05, 4.69) is 5.32 Å². The van der Waals surface area contributed by atoms with Gasteiger partial charge in [-0.25, -0.2) is 4.39 Å². The number of halogens is 1. The fourth-order valence-corrected chi connectivity index (χ4v) is 1.99. The Morgan fingerprint density at radius 3 is 2.68 bits per heavy atom. The van der Waals surface area contributed by atoms with Crippen LogP contribution in [0.25, 0.3) is 0 Å². The number of aryl methyl sites for hydroxylation is 1. The quantitative estimate of drug-likeness (QED) is 0.747. The van der Waals surface area contributed by atoms with E-state index in [1.54, 1.807) is 13.0 Å². The number of carbonyl (C=O) groups is 1. The van der Waals surface area contributed by atoms with Crippen molar-refractivity contribution in [1.82, 2.24) is 5.32 Å². The van der Waals surface area contributed by atoms with Crippen molar-refractivity contribution in [3.05, 3.63) is 35.1 Å². The van der Waals surface area contributed by atoms with Gasteiger partial charge in [0.1, 0.15) is 5.82 Å². The molecule has 0 unspecified atom stereocenters. The summed E-state index contributed by atoms with van der Waals surface area (Å²) in [5.74, 6) is -0.958. The molecule has 0 radical (unpaired) electrons. The first kappa shape index (κ1) is 15.6. The van der Waals surface area contributed by atoms with E-state index in [9.17, 15) is 9.18 Å². The van der Waals surface area contributed by atoms with Crippen LogP contribution in [0, 0.1) is 18.2 Å². The van der Waals surface area contributed by atoms with Gasteiger partial charge in [0.2, 0.25) is 0 Å². The topological polar surface area (TPSA) is 49.3 Å². The molecule has 0 heterocycles. The zero-order valence-electron chi connectivity index (χ0n) is 11.8. The summed E-state index contributed by atoms with van der Waals surface area (Å²) in [4.78, 5) is 10.7. The molecule has 19 heavy (non-hydrogen) atoms. The number of carboxylic acid groups (broad SMARTS) is 1. The van der Waals surface area contributed by atoms with Gasteiger partial charge in [0, 0.05) is 6.54 Å². The normalized spacial score (nSPS) is 11.6. The monoisotopic (exact) mass is 267 g/mol. The van der Waals surface area contributed by atoms with Crippen molar-refractivity contribution < 1.29 is 14.3 Å². The summed E-state index contributed by atoms with van der Waals surface area (Å²) in [5, 5.41) is 12.0. The van der Waals surface area contributed by atoms with Crippen molar-refractivity contribution in [2.24, 2.45) is 5.41 Å². The average molecular weight is 267 g/mol. The molecule has 1 rings (SSSR count). The largest absolute Gasteiger partial charge is 0.481 e. The minimum absolute atomic E-state index is 0.148. The Morgan fingerprint density at radius 1 is 1.42 bits per heavy atom. The van der Waals surface area contributed by atoms with Crippen LogP contribution >= 0.6 is 0 Å². The molecule has 0 aliphatic carbocycles. The lowest BCUT2D eigenvalue weighted by Gasteiger charge is -2.22. The van der Waals surface area contributed by atoms with Gasteiger partial charge in [-0.2, -0.15) is 0 Å². The average Bonchev–Trinajstić information content (AvgIpc) is 2.27. The molecule has 0 atom stereocenters. The van der Waals surface area contributed by atoms with Crippen molar-refractivity contribution in [3.8, 4) is 0 Å². The van der Waals surface area contributed by atoms with E-state index < -0.39 is 5.97 Å². The molecule has 3 nitrogen and oxygen atoms in total. The minimum atomic E-state index is -0.777. The maximum atomic E-state index is 13.1. The van der Waals surface area contributed by atoms with E-state index in [0.29, 0.717) is 12.1 Å². The number of carboxylic acids is 1. The van der Waals surface area contributed by atoms with Gasteiger partial charge < -0.3 is 10.4 Å². The summed E-state index contributed by atoms with van der Waals surface area (Å²) in [6.45, 7) is 7.02. The summed E-state index contributed by atoms with van der Waals surface area (Å²) >= 11 is 0. The van der Waals surface area contributed by atoms with Crippen LogP contribution in [0.4, 0.5) is 4.39 Å². The molecule has 0 bridgehead atoms. The lowest BCUT2D eigenvalue weighted by molar-refractivity contribution is -0.139. The predicted molar refractivity (Wildman–Crippen MR) is 73.7 cm³/mol. The summed E-state index contributed by atoms with van der Waals surface area (Å²) < 4.78 is 13.1. The van der Waals surface area contributed by atoms with Gasteiger partial charge in [0.05, 0.1) is 6.42 Å². The molecule has 0 fully saturated rings. The summed E-state index contributed by atoms with van der Waals surface area (Å²) in [5.41, 5.74) is 1.48. The molecule has 1 aromatic rings. The third-order valence-electron chi connectivity index (χ3n) is 3.05. The van der Waals surface area contributed by atoms with Gasteiger partial charge in [-0.05, 0) is 42.5 Å². The molecule has 0 spiro atoms. The zero-order chi connectivity index (χ0) is 14.5. The van der Waals surface area contributed by atoms with E-state index in [4.69, 9.17) is 5.11 Å². The summed E-state index contributed by atoms with van der Waals surface area (Å²) in [7, 11) is 0. The van der Waals surface area contributed by atoms with Crippen molar-refractivity contribution in [3.63, 3.8) is 0 Å². The highest BCUT2D eigenvalue weighted by atomic mass is 19.1. The summed E-state index contributed by atoms with van der Waals surface area (Å²) in [6.07, 6.45) is 0.958. The minimum Gasteiger partial charge on any atom is -0.481 e. The SMILES string of the molecule is Cc1cc(CCNCC(C)(C)CC(=O)O)ccc1F. The summed E-state index contributed by atoms with van der Waals surface area (Å²) in [6, 6.07) is 5.12. The van der Waals surface area contributed by atoms with E-state index in [-0.39, 0.29) is 17.7 Å². The molecule has 0 aromatic heterocycles. The number of nitrogens with one attached hydrogen (secondary N) is 1. The first-order valence-electron chi connectivity index (χ1n) is 6.48. The third kappa shape index (κ3) is 5.83. The molecule has 0 aliphatic heterocycles. The van der Waals surface area contributed by atoms with E-state index in [1.807, 2.05) is 19.9 Å². The van der Waals surface area contributed by atoms with Gasteiger partial charge >= 0.3 is 5.97 Å². The van der Waals surface area contributed by atoms with Gasteiger partial charge in [0.15, 0.2) is 0 Å². The predicted octanol–water partition coefficient (Wildman–Crippen LogP) is 2.77. The Kier molecular flexibility index (Phi) is 5.48. The maximum absolute atomic E-state index is 13.1. The van der Waals surface area contributed by atoms with Crippen LogP contribution in [-0.2, 0) is 11.2 Å². The standard InChI is InChI=1S/C15H22FNO2/c1-11-8-12(4-5-13(11)16)6-7-17-10-15(2,3)9-14(18)19/h4-5,8,17H,6-7,9-10H2,1-3H3,(H,18,19). The van der Waals surface area contributed by atoms with Crippen LogP contribution < -0.4 is 5.32 Å². The Bertz CT molecular complexity index is 444. The molecule has 106 valence electrons. The number of aliphatic carboxylic acids is 1. The van der Waals surface area contributed by atoms with Crippen molar-refractivity contribution >= 4 is 5.97 Å². The number of rotatable bonds is 7. The maximum Gasteiger partial charge on any atom is 0.303 e. The Hall–Kier alpha value is -1.42. The Balaban J connectivity index is 2.34.